The molecule has 0 aliphatic carbocycles. The lowest BCUT2D eigenvalue weighted by Gasteiger charge is -2.15. The van der Waals surface area contributed by atoms with E-state index in [1.165, 1.54) is 0 Å². The van der Waals surface area contributed by atoms with E-state index < -0.39 is 0 Å². The van der Waals surface area contributed by atoms with Gasteiger partial charge in [0.2, 0.25) is 23.5 Å². The molecule has 28 heavy (non-hydrogen) atoms. The molecule has 1 N–H and O–H groups in total. The smallest absolute Gasteiger partial charge is 0.228 e. The minimum absolute atomic E-state index is 0.119. The highest BCUT2D eigenvalue weighted by Gasteiger charge is 2.21. The van der Waals surface area contributed by atoms with Gasteiger partial charge in [-0.1, -0.05) is 29.4 Å². The van der Waals surface area contributed by atoms with Crippen LogP contribution in [0.2, 0.25) is 0 Å². The van der Waals surface area contributed by atoms with E-state index in [4.69, 9.17) is 4.52 Å². The lowest BCUT2D eigenvalue weighted by atomic mass is 10.1. The molecule has 2 heterocycles. The van der Waals surface area contributed by atoms with E-state index in [-0.39, 0.29) is 18.2 Å². The van der Waals surface area contributed by atoms with Gasteiger partial charge in [-0.15, -0.1) is 0 Å². The van der Waals surface area contributed by atoms with E-state index >= 15 is 0 Å². The number of anilines is 2. The first-order valence-corrected chi connectivity index (χ1v) is 9.18. The fourth-order valence-corrected chi connectivity index (χ4v) is 3.26. The van der Waals surface area contributed by atoms with E-state index in [1.54, 1.807) is 11.8 Å². The molecule has 0 atom stereocenters. The summed E-state index contributed by atoms with van der Waals surface area (Å²) in [5.74, 6) is 1.01. The number of aryl methyl sites for hydroxylation is 1. The highest BCUT2D eigenvalue weighted by molar-refractivity contribution is 5.95. The Labute approximate surface area is 162 Å². The zero-order chi connectivity index (χ0) is 19.5. The SMILES string of the molecule is Cc1nc(-c2cccc(NC(=O)Cc3ccc(N4CCCC4=O)cc3)c2)no1. The number of amides is 2. The molecule has 0 bridgehead atoms. The maximum absolute atomic E-state index is 12.4. The molecule has 4 rings (SSSR count). The fraction of sp³-hybridized carbons (Fsp3) is 0.238. The van der Waals surface area contributed by atoms with Crippen LogP contribution in [0.4, 0.5) is 11.4 Å². The van der Waals surface area contributed by atoms with Crippen molar-refractivity contribution in [2.45, 2.75) is 26.2 Å². The molecule has 0 radical (unpaired) electrons. The molecule has 1 saturated heterocycles. The van der Waals surface area contributed by atoms with E-state index in [0.29, 0.717) is 23.8 Å². The van der Waals surface area contributed by atoms with Gasteiger partial charge in [0, 0.05) is 36.8 Å². The van der Waals surface area contributed by atoms with E-state index in [1.807, 2.05) is 48.5 Å². The highest BCUT2D eigenvalue weighted by Crippen LogP contribution is 2.22. The zero-order valence-corrected chi connectivity index (χ0v) is 15.5. The Balaban J connectivity index is 1.40. The quantitative estimate of drug-likeness (QED) is 0.738. The average Bonchev–Trinajstić information content (AvgIpc) is 3.31. The van der Waals surface area contributed by atoms with Crippen molar-refractivity contribution < 1.29 is 14.1 Å². The summed E-state index contributed by atoms with van der Waals surface area (Å²) in [4.78, 5) is 30.2. The summed E-state index contributed by atoms with van der Waals surface area (Å²) in [6, 6.07) is 14.9. The lowest BCUT2D eigenvalue weighted by molar-refractivity contribution is -0.117. The Morgan fingerprint density at radius 3 is 2.71 bits per heavy atom. The molecule has 1 fully saturated rings. The minimum atomic E-state index is -0.119. The Kier molecular flexibility index (Phi) is 4.89. The summed E-state index contributed by atoms with van der Waals surface area (Å²) in [7, 11) is 0. The second kappa shape index (κ2) is 7.64. The Hall–Kier alpha value is -3.48. The Morgan fingerprint density at radius 2 is 2.04 bits per heavy atom. The predicted molar refractivity (Wildman–Crippen MR) is 105 cm³/mol. The molecule has 2 aromatic carbocycles. The molecule has 142 valence electrons. The van der Waals surface area contributed by atoms with Crippen LogP contribution < -0.4 is 10.2 Å². The molecule has 1 aliphatic heterocycles. The van der Waals surface area contributed by atoms with Crippen molar-refractivity contribution in [3.8, 4) is 11.4 Å². The molecular weight excluding hydrogens is 356 g/mol. The predicted octanol–water partition coefficient (Wildman–Crippen LogP) is 3.35. The first kappa shape index (κ1) is 17.9. The van der Waals surface area contributed by atoms with Crippen LogP contribution in [-0.2, 0) is 16.0 Å². The third-order valence-electron chi connectivity index (χ3n) is 4.62. The maximum atomic E-state index is 12.4. The van der Waals surface area contributed by atoms with Gasteiger partial charge in [-0.05, 0) is 36.2 Å². The van der Waals surface area contributed by atoms with Gasteiger partial charge in [0.25, 0.3) is 0 Å². The summed E-state index contributed by atoms with van der Waals surface area (Å²) >= 11 is 0. The molecule has 0 unspecified atom stereocenters. The van der Waals surface area contributed by atoms with Crippen molar-refractivity contribution in [3.63, 3.8) is 0 Å². The van der Waals surface area contributed by atoms with Gasteiger partial charge in [-0.3, -0.25) is 9.59 Å². The third-order valence-corrected chi connectivity index (χ3v) is 4.62. The molecule has 1 aliphatic rings. The summed E-state index contributed by atoms with van der Waals surface area (Å²) in [5, 5.41) is 6.79. The van der Waals surface area contributed by atoms with Crippen molar-refractivity contribution in [2.75, 3.05) is 16.8 Å². The van der Waals surface area contributed by atoms with Crippen molar-refractivity contribution in [1.82, 2.24) is 10.1 Å². The number of carbonyl (C=O) groups excluding carboxylic acids is 2. The van der Waals surface area contributed by atoms with Crippen molar-refractivity contribution in [3.05, 3.63) is 60.0 Å². The Bertz CT molecular complexity index is 1010. The lowest BCUT2D eigenvalue weighted by Crippen LogP contribution is -2.23. The number of rotatable bonds is 5. The van der Waals surface area contributed by atoms with Crippen LogP contribution in [0.1, 0.15) is 24.3 Å². The van der Waals surface area contributed by atoms with Crippen LogP contribution in [0.5, 0.6) is 0 Å². The number of aromatic nitrogens is 2. The topological polar surface area (TPSA) is 88.3 Å². The van der Waals surface area contributed by atoms with Gasteiger partial charge >= 0.3 is 0 Å². The van der Waals surface area contributed by atoms with Gasteiger partial charge in [-0.25, -0.2) is 0 Å². The number of benzene rings is 2. The van der Waals surface area contributed by atoms with Gasteiger partial charge in [-0.2, -0.15) is 4.98 Å². The summed E-state index contributed by atoms with van der Waals surface area (Å²) < 4.78 is 5.00. The summed E-state index contributed by atoms with van der Waals surface area (Å²) in [5.41, 5.74) is 3.21. The van der Waals surface area contributed by atoms with Crippen LogP contribution in [0.3, 0.4) is 0 Å². The molecule has 2 amide bonds. The average molecular weight is 376 g/mol. The van der Waals surface area contributed by atoms with E-state index in [0.717, 1.165) is 29.8 Å². The highest BCUT2D eigenvalue weighted by atomic mass is 16.5. The van der Waals surface area contributed by atoms with Crippen LogP contribution >= 0.6 is 0 Å². The van der Waals surface area contributed by atoms with E-state index in [9.17, 15) is 9.59 Å². The zero-order valence-electron chi connectivity index (χ0n) is 15.5. The number of hydrogen-bond donors (Lipinski definition) is 1. The molecule has 3 aromatic rings. The second-order valence-electron chi connectivity index (χ2n) is 6.76. The first-order valence-electron chi connectivity index (χ1n) is 9.18. The molecule has 0 saturated carbocycles. The normalized spacial score (nSPS) is 13.8. The van der Waals surface area contributed by atoms with Crippen molar-refractivity contribution in [1.29, 1.82) is 0 Å². The van der Waals surface area contributed by atoms with Gasteiger partial charge in [0.15, 0.2) is 0 Å². The van der Waals surface area contributed by atoms with Crippen LogP contribution in [0.15, 0.2) is 53.1 Å². The van der Waals surface area contributed by atoms with Crippen molar-refractivity contribution >= 4 is 23.2 Å². The van der Waals surface area contributed by atoms with Crippen molar-refractivity contribution in [2.24, 2.45) is 0 Å². The van der Waals surface area contributed by atoms with Gasteiger partial charge in [0.05, 0.1) is 6.42 Å². The first-order chi connectivity index (χ1) is 13.6. The largest absolute Gasteiger partial charge is 0.339 e. The van der Waals surface area contributed by atoms with Gasteiger partial charge in [0.1, 0.15) is 0 Å². The molecule has 1 aromatic heterocycles. The summed E-state index contributed by atoms with van der Waals surface area (Å²) in [6.45, 7) is 2.49. The molecule has 7 nitrogen and oxygen atoms in total. The fourth-order valence-electron chi connectivity index (χ4n) is 3.26. The number of nitrogens with one attached hydrogen (secondary N) is 1. The van der Waals surface area contributed by atoms with Crippen LogP contribution in [-0.4, -0.2) is 28.5 Å². The molecule has 0 spiro atoms. The Morgan fingerprint density at radius 1 is 1.21 bits per heavy atom. The van der Waals surface area contributed by atoms with Crippen LogP contribution in [0.25, 0.3) is 11.4 Å². The second-order valence-corrected chi connectivity index (χ2v) is 6.76. The monoisotopic (exact) mass is 376 g/mol. The summed E-state index contributed by atoms with van der Waals surface area (Å²) in [6.07, 6.45) is 1.75. The minimum Gasteiger partial charge on any atom is -0.339 e. The van der Waals surface area contributed by atoms with Crippen LogP contribution in [0, 0.1) is 6.92 Å². The number of hydrogen-bond acceptors (Lipinski definition) is 5. The van der Waals surface area contributed by atoms with Gasteiger partial charge < -0.3 is 14.7 Å². The molecular formula is C21H20N4O3. The third kappa shape index (κ3) is 3.93. The maximum Gasteiger partial charge on any atom is 0.228 e. The molecule has 7 heteroatoms. The number of carbonyl (C=O) groups is 2. The number of nitrogens with zero attached hydrogens (tertiary/aromatic N) is 3. The van der Waals surface area contributed by atoms with E-state index in [2.05, 4.69) is 15.5 Å². The standard InChI is InChI=1S/C21H20N4O3/c1-14-22-21(24-28-14)16-4-2-5-17(13-16)23-19(26)12-15-7-9-18(10-8-15)25-11-3-6-20(25)27/h2,4-5,7-10,13H,3,6,11-12H2,1H3,(H,23,26).